The average molecular weight is 769 g/mol. The molecule has 3 aromatic heterocycles. The number of pyridine rings is 1. The van der Waals surface area contributed by atoms with E-state index in [1.54, 1.807) is 0 Å². The minimum Gasteiger partial charge on any atom is -0.247 e. The maximum Gasteiger partial charge on any atom is 0.165 e. The largest absolute Gasteiger partial charge is 0.247 e. The van der Waals surface area contributed by atoms with Gasteiger partial charge in [-0.1, -0.05) is 182 Å². The van der Waals surface area contributed by atoms with Crippen LogP contribution < -0.4 is 0 Å². The highest BCUT2D eigenvalue weighted by Gasteiger charge is 2.22. The Morgan fingerprint density at radius 3 is 1.39 bits per heavy atom. The first-order valence-electron chi connectivity index (χ1n) is 19.8. The quantitative estimate of drug-likeness (QED) is 0.129. The van der Waals surface area contributed by atoms with E-state index in [4.69, 9.17) is 19.9 Å². The van der Waals surface area contributed by atoms with Crippen molar-refractivity contribution in [1.82, 2.24) is 19.9 Å². The summed E-state index contributed by atoms with van der Waals surface area (Å²) < 4.78 is 2.59. The Kier molecular flexibility index (Phi) is 7.68. The van der Waals surface area contributed by atoms with E-state index in [-0.39, 0.29) is 0 Å². The van der Waals surface area contributed by atoms with Gasteiger partial charge in [0.05, 0.1) is 11.2 Å². The number of aromatic nitrogens is 4. The summed E-state index contributed by atoms with van der Waals surface area (Å²) in [6, 6.07) is 68.4. The molecule has 0 atom stereocenters. The lowest BCUT2D eigenvalue weighted by Crippen LogP contribution is -2.01. The van der Waals surface area contributed by atoms with Crippen LogP contribution in [0.4, 0.5) is 0 Å². The van der Waals surface area contributed by atoms with Gasteiger partial charge in [0.1, 0.15) is 0 Å². The standard InChI is InChI=1S/C54H32N4S/c1-4-16-33(17-5-1)50-44-31-30-42-37-22-14-15-27-46(37)59-51(42)48(44)43-29-28-36(32-45(43)55-50)47-38-23-10-12-25-40(38)49(41-26-13-11-24-39(41)47)54-57-52(34-18-6-2-7-19-34)56-53(58-54)35-20-8-3-9-21-35/h1-32H. The van der Waals surface area contributed by atoms with Crippen molar-refractivity contribution in [3.05, 3.63) is 194 Å². The Labute approximate surface area is 343 Å². The summed E-state index contributed by atoms with van der Waals surface area (Å²) in [5.74, 6) is 1.92. The van der Waals surface area contributed by atoms with Gasteiger partial charge in [0.25, 0.3) is 0 Å². The molecule has 0 spiro atoms. The van der Waals surface area contributed by atoms with E-state index in [0.29, 0.717) is 17.5 Å². The molecular formula is C54H32N4S. The molecule has 9 aromatic carbocycles. The first kappa shape index (κ1) is 33.5. The third-order valence-corrected chi connectivity index (χ3v) is 12.7. The van der Waals surface area contributed by atoms with Gasteiger partial charge in [-0.2, -0.15) is 0 Å². The monoisotopic (exact) mass is 768 g/mol. The molecule has 0 N–H and O–H groups in total. The van der Waals surface area contributed by atoms with Crippen molar-refractivity contribution >= 4 is 74.7 Å². The molecule has 0 saturated carbocycles. The number of benzene rings is 9. The zero-order valence-corrected chi connectivity index (χ0v) is 32.5. The molecule has 4 nitrogen and oxygen atoms in total. The van der Waals surface area contributed by atoms with Crippen molar-refractivity contribution in [2.24, 2.45) is 0 Å². The van der Waals surface area contributed by atoms with Crippen LogP contribution in [0.1, 0.15) is 0 Å². The van der Waals surface area contributed by atoms with Gasteiger partial charge < -0.3 is 0 Å². The van der Waals surface area contributed by atoms with Gasteiger partial charge in [0.15, 0.2) is 17.5 Å². The van der Waals surface area contributed by atoms with Crippen LogP contribution in [0.15, 0.2) is 194 Å². The van der Waals surface area contributed by atoms with Crippen LogP contribution in [-0.2, 0) is 0 Å². The van der Waals surface area contributed by atoms with Crippen molar-refractivity contribution in [1.29, 1.82) is 0 Å². The summed E-state index contributed by atoms with van der Waals surface area (Å²) in [7, 11) is 0. The summed E-state index contributed by atoms with van der Waals surface area (Å²) in [5, 5.41) is 10.5. The fraction of sp³-hybridized carbons (Fsp3) is 0. The normalized spacial score (nSPS) is 11.7. The summed E-state index contributed by atoms with van der Waals surface area (Å²) in [4.78, 5) is 20.9. The van der Waals surface area contributed by atoms with Gasteiger partial charge in [-0.3, -0.25) is 0 Å². The fourth-order valence-electron chi connectivity index (χ4n) is 8.84. The van der Waals surface area contributed by atoms with Crippen LogP contribution >= 0.6 is 11.3 Å². The number of nitrogens with zero attached hydrogens (tertiary/aromatic N) is 4. The van der Waals surface area contributed by atoms with Crippen molar-refractivity contribution < 1.29 is 0 Å². The molecule has 0 aliphatic rings. The SMILES string of the molecule is c1ccc(-c2nc(-c3ccccc3)nc(-c3c4ccccc4c(-c4ccc5c(c4)nc(-c4ccccc4)c4ccc6c7ccccc7sc6c45)c4ccccc34)n2)cc1. The molecule has 5 heteroatoms. The lowest BCUT2D eigenvalue weighted by atomic mass is 9.87. The minimum absolute atomic E-state index is 0.640. The Bertz CT molecular complexity index is 3490. The van der Waals surface area contributed by atoms with Gasteiger partial charge >= 0.3 is 0 Å². The molecular weight excluding hydrogens is 737 g/mol. The molecule has 274 valence electrons. The second-order valence-electron chi connectivity index (χ2n) is 14.9. The van der Waals surface area contributed by atoms with Crippen molar-refractivity contribution in [3.8, 4) is 56.5 Å². The first-order chi connectivity index (χ1) is 29.3. The van der Waals surface area contributed by atoms with Crippen LogP contribution in [0.3, 0.4) is 0 Å². The Balaban J connectivity index is 1.14. The van der Waals surface area contributed by atoms with Gasteiger partial charge in [0, 0.05) is 58.6 Å². The van der Waals surface area contributed by atoms with Crippen molar-refractivity contribution in [2.75, 3.05) is 0 Å². The highest BCUT2D eigenvalue weighted by Crippen LogP contribution is 2.46. The minimum atomic E-state index is 0.640. The van der Waals surface area contributed by atoms with E-state index in [9.17, 15) is 0 Å². The summed E-state index contributed by atoms with van der Waals surface area (Å²) in [6.45, 7) is 0. The second kappa shape index (κ2) is 13.5. The van der Waals surface area contributed by atoms with Crippen LogP contribution in [0, 0.1) is 0 Å². The second-order valence-corrected chi connectivity index (χ2v) is 16.0. The maximum absolute atomic E-state index is 5.50. The van der Waals surface area contributed by atoms with Crippen LogP contribution in [-0.4, -0.2) is 19.9 Å². The summed E-state index contributed by atoms with van der Waals surface area (Å²) in [5.41, 5.74) is 8.20. The highest BCUT2D eigenvalue weighted by atomic mass is 32.1. The molecule has 0 aliphatic carbocycles. The highest BCUT2D eigenvalue weighted by molar-refractivity contribution is 7.26. The van der Waals surface area contributed by atoms with Crippen LogP contribution in [0.2, 0.25) is 0 Å². The molecule has 0 aliphatic heterocycles. The third kappa shape index (κ3) is 5.43. The van der Waals surface area contributed by atoms with Crippen LogP contribution in [0.5, 0.6) is 0 Å². The molecule has 0 bridgehead atoms. The summed E-state index contributed by atoms with van der Waals surface area (Å²) >= 11 is 1.87. The Morgan fingerprint density at radius 1 is 0.305 bits per heavy atom. The van der Waals surface area contributed by atoms with E-state index >= 15 is 0 Å². The van der Waals surface area contributed by atoms with Crippen molar-refractivity contribution in [2.45, 2.75) is 0 Å². The van der Waals surface area contributed by atoms with E-state index in [2.05, 4.69) is 158 Å². The molecule has 12 aromatic rings. The van der Waals surface area contributed by atoms with E-state index < -0.39 is 0 Å². The Morgan fingerprint density at radius 2 is 0.780 bits per heavy atom. The molecule has 0 saturated heterocycles. The lowest BCUT2D eigenvalue weighted by Gasteiger charge is -2.18. The molecule has 3 heterocycles. The average Bonchev–Trinajstić information content (AvgIpc) is 3.70. The maximum atomic E-state index is 5.50. The molecule has 0 amide bonds. The zero-order chi connectivity index (χ0) is 38.9. The predicted octanol–water partition coefficient (Wildman–Crippen LogP) is 14.6. The predicted molar refractivity (Wildman–Crippen MR) is 248 cm³/mol. The van der Waals surface area contributed by atoms with Gasteiger partial charge in [-0.05, 0) is 44.8 Å². The number of fused-ring (bicyclic) bond motifs is 9. The summed E-state index contributed by atoms with van der Waals surface area (Å²) in [6.07, 6.45) is 0. The van der Waals surface area contributed by atoms with Crippen molar-refractivity contribution in [3.63, 3.8) is 0 Å². The number of thiophene rings is 1. The smallest absolute Gasteiger partial charge is 0.165 e. The molecule has 59 heavy (non-hydrogen) atoms. The number of rotatable bonds is 5. The molecule has 0 unspecified atom stereocenters. The van der Waals surface area contributed by atoms with E-state index in [0.717, 1.165) is 76.9 Å². The van der Waals surface area contributed by atoms with Gasteiger partial charge in [-0.15, -0.1) is 11.3 Å². The van der Waals surface area contributed by atoms with Gasteiger partial charge in [0.2, 0.25) is 0 Å². The lowest BCUT2D eigenvalue weighted by molar-refractivity contribution is 1.08. The topological polar surface area (TPSA) is 51.6 Å². The third-order valence-electron chi connectivity index (χ3n) is 11.5. The molecule has 0 radical (unpaired) electrons. The fourth-order valence-corrected chi connectivity index (χ4v) is 10.1. The number of hydrogen-bond acceptors (Lipinski definition) is 5. The van der Waals surface area contributed by atoms with E-state index in [1.165, 1.54) is 25.6 Å². The van der Waals surface area contributed by atoms with Gasteiger partial charge in [-0.25, -0.2) is 19.9 Å². The Hall–Kier alpha value is -7.60. The molecule has 0 fully saturated rings. The van der Waals surface area contributed by atoms with E-state index in [1.807, 2.05) is 47.7 Å². The first-order valence-corrected chi connectivity index (χ1v) is 20.6. The molecule has 12 rings (SSSR count). The van der Waals surface area contributed by atoms with Crippen LogP contribution in [0.25, 0.3) is 120 Å². The zero-order valence-electron chi connectivity index (χ0n) is 31.7. The number of hydrogen-bond donors (Lipinski definition) is 0.